The van der Waals surface area contributed by atoms with Crippen LogP contribution in [0.4, 0.5) is 0 Å². The number of aromatic nitrogens is 1. The molecular formula is C17H20NO6S+. The fraction of sp³-hybridized carbons (Fsp3) is 0.235. The van der Waals surface area contributed by atoms with E-state index in [4.69, 9.17) is 14.0 Å². The normalized spacial score (nSPS) is 11.1. The SMILES string of the molecule is COS(=O)(=O)O.COc1cc2ccc3c[n+](C)ccc3c2cc1OC. The van der Waals surface area contributed by atoms with E-state index in [9.17, 15) is 8.42 Å². The maximum atomic E-state index is 9.33. The molecule has 1 N–H and O–H groups in total. The van der Waals surface area contributed by atoms with E-state index in [1.807, 2.05) is 19.2 Å². The molecule has 0 bridgehead atoms. The van der Waals surface area contributed by atoms with Gasteiger partial charge in [0.1, 0.15) is 7.05 Å². The van der Waals surface area contributed by atoms with Gasteiger partial charge >= 0.3 is 10.4 Å². The van der Waals surface area contributed by atoms with Crippen molar-refractivity contribution in [2.45, 2.75) is 0 Å². The fourth-order valence-corrected chi connectivity index (χ4v) is 2.44. The zero-order valence-corrected chi connectivity index (χ0v) is 15.2. The molecule has 0 saturated heterocycles. The molecule has 3 aromatic rings. The standard InChI is InChI=1S/C16H16NO2.CH4O4S/c1-17-7-6-13-12(10-17)5-4-11-8-15(18-2)16(19-3)9-14(11)13;1-5-6(2,3)4/h4-10H,1-3H3;1H3,(H,2,3,4)/q+1;. The predicted molar refractivity (Wildman–Crippen MR) is 94.3 cm³/mol. The highest BCUT2D eigenvalue weighted by Gasteiger charge is 2.09. The summed E-state index contributed by atoms with van der Waals surface area (Å²) in [6.45, 7) is 0. The molecule has 0 atom stereocenters. The Bertz CT molecular complexity index is 1000. The Hall–Kier alpha value is -2.42. The number of pyridine rings is 1. The quantitative estimate of drug-likeness (QED) is 0.435. The second-order valence-corrected chi connectivity index (χ2v) is 6.39. The van der Waals surface area contributed by atoms with E-state index in [1.54, 1.807) is 14.2 Å². The largest absolute Gasteiger partial charge is 0.493 e. The Balaban J connectivity index is 0.000000326. The number of fused-ring (bicyclic) bond motifs is 3. The topological polar surface area (TPSA) is 85.9 Å². The van der Waals surface area contributed by atoms with Crippen molar-refractivity contribution in [3.63, 3.8) is 0 Å². The first-order chi connectivity index (χ1) is 11.8. The third-order valence-electron chi connectivity index (χ3n) is 3.63. The van der Waals surface area contributed by atoms with Gasteiger partial charge in [0.15, 0.2) is 23.9 Å². The zero-order valence-electron chi connectivity index (χ0n) is 14.4. The lowest BCUT2D eigenvalue weighted by molar-refractivity contribution is -0.670. The van der Waals surface area contributed by atoms with Gasteiger partial charge in [-0.1, -0.05) is 6.07 Å². The second kappa shape index (κ2) is 7.64. The first-order valence-corrected chi connectivity index (χ1v) is 8.62. The number of rotatable bonds is 3. The lowest BCUT2D eigenvalue weighted by atomic mass is 10.0. The number of hydrogen-bond acceptors (Lipinski definition) is 5. The summed E-state index contributed by atoms with van der Waals surface area (Å²) in [4.78, 5) is 0. The number of nitrogens with zero attached hydrogens (tertiary/aromatic N) is 1. The van der Waals surface area contributed by atoms with Crippen LogP contribution in [0.15, 0.2) is 42.7 Å². The second-order valence-electron chi connectivity index (χ2n) is 5.20. The van der Waals surface area contributed by atoms with Gasteiger partial charge in [0.25, 0.3) is 0 Å². The molecule has 1 aromatic heterocycles. The minimum atomic E-state index is -4.16. The summed E-state index contributed by atoms with van der Waals surface area (Å²) in [5.74, 6) is 1.52. The van der Waals surface area contributed by atoms with E-state index < -0.39 is 10.4 Å². The highest BCUT2D eigenvalue weighted by molar-refractivity contribution is 7.80. The lowest BCUT2D eigenvalue weighted by Crippen LogP contribution is -2.25. The Labute approximate surface area is 146 Å². The average Bonchev–Trinajstić information content (AvgIpc) is 2.59. The molecule has 0 saturated carbocycles. The van der Waals surface area contributed by atoms with E-state index in [1.165, 1.54) is 16.2 Å². The predicted octanol–water partition coefficient (Wildman–Crippen LogP) is 2.27. The smallest absolute Gasteiger partial charge is 0.397 e. The summed E-state index contributed by atoms with van der Waals surface area (Å²) in [5, 5.41) is 4.76. The fourth-order valence-electron chi connectivity index (χ4n) is 2.44. The number of hydrogen-bond donors (Lipinski definition) is 1. The molecule has 134 valence electrons. The van der Waals surface area contributed by atoms with Crippen LogP contribution in [0.2, 0.25) is 0 Å². The Morgan fingerprint density at radius 3 is 2.04 bits per heavy atom. The van der Waals surface area contributed by atoms with E-state index in [-0.39, 0.29) is 0 Å². The first-order valence-electron chi connectivity index (χ1n) is 7.26. The molecule has 1 heterocycles. The molecule has 7 nitrogen and oxygen atoms in total. The molecule has 0 aliphatic carbocycles. The average molecular weight is 366 g/mol. The van der Waals surface area contributed by atoms with Gasteiger partial charge < -0.3 is 9.47 Å². The Morgan fingerprint density at radius 2 is 1.48 bits per heavy atom. The minimum absolute atomic E-state index is 0.760. The van der Waals surface area contributed by atoms with Crippen molar-refractivity contribution in [3.05, 3.63) is 42.7 Å². The highest BCUT2D eigenvalue weighted by atomic mass is 32.3. The summed E-state index contributed by atoms with van der Waals surface area (Å²) in [6, 6.07) is 10.4. The van der Waals surface area contributed by atoms with Gasteiger partial charge in [-0.25, -0.2) is 4.57 Å². The van der Waals surface area contributed by atoms with Gasteiger partial charge in [0, 0.05) is 16.8 Å². The molecule has 8 heteroatoms. The van der Waals surface area contributed by atoms with Crippen LogP contribution in [0.25, 0.3) is 21.5 Å². The van der Waals surface area contributed by atoms with Crippen molar-refractivity contribution in [2.24, 2.45) is 7.05 Å². The van der Waals surface area contributed by atoms with Crippen molar-refractivity contribution < 1.29 is 31.2 Å². The summed E-state index contributed by atoms with van der Waals surface area (Å²) in [6.07, 6.45) is 4.17. The van der Waals surface area contributed by atoms with E-state index >= 15 is 0 Å². The third-order valence-corrected chi connectivity index (χ3v) is 4.05. The van der Waals surface area contributed by atoms with Crippen LogP contribution in [0.3, 0.4) is 0 Å². The molecule has 0 radical (unpaired) electrons. The number of methoxy groups -OCH3 is 2. The van der Waals surface area contributed by atoms with Crippen LogP contribution in [0.1, 0.15) is 0 Å². The van der Waals surface area contributed by atoms with Crippen LogP contribution in [0.5, 0.6) is 11.5 Å². The van der Waals surface area contributed by atoms with Crippen molar-refractivity contribution in [1.29, 1.82) is 0 Å². The van der Waals surface area contributed by atoms with Crippen molar-refractivity contribution in [2.75, 3.05) is 21.3 Å². The number of benzene rings is 2. The zero-order chi connectivity index (χ0) is 18.6. The summed E-state index contributed by atoms with van der Waals surface area (Å²) in [7, 11) is 2.05. The van der Waals surface area contributed by atoms with Crippen LogP contribution in [0, 0.1) is 0 Å². The third kappa shape index (κ3) is 4.56. The van der Waals surface area contributed by atoms with Crippen molar-refractivity contribution >= 4 is 31.9 Å². The van der Waals surface area contributed by atoms with Crippen LogP contribution in [-0.4, -0.2) is 34.3 Å². The van der Waals surface area contributed by atoms with Crippen molar-refractivity contribution in [1.82, 2.24) is 0 Å². The van der Waals surface area contributed by atoms with Crippen LogP contribution < -0.4 is 14.0 Å². The van der Waals surface area contributed by atoms with E-state index in [2.05, 4.69) is 39.3 Å². The van der Waals surface area contributed by atoms with Gasteiger partial charge in [0.2, 0.25) is 0 Å². The summed E-state index contributed by atoms with van der Waals surface area (Å²) < 4.78 is 42.5. The van der Waals surface area contributed by atoms with E-state index in [0.29, 0.717) is 0 Å². The molecule has 0 fully saturated rings. The van der Waals surface area contributed by atoms with Gasteiger partial charge in [-0.05, 0) is 29.0 Å². The first kappa shape index (κ1) is 18.9. The van der Waals surface area contributed by atoms with Gasteiger partial charge in [-0.2, -0.15) is 8.42 Å². The molecule has 0 unspecified atom stereocenters. The molecule has 3 rings (SSSR count). The minimum Gasteiger partial charge on any atom is -0.493 e. The lowest BCUT2D eigenvalue weighted by Gasteiger charge is -2.10. The maximum Gasteiger partial charge on any atom is 0.397 e. The van der Waals surface area contributed by atoms with Gasteiger partial charge in [0.05, 0.1) is 21.3 Å². The summed E-state index contributed by atoms with van der Waals surface area (Å²) in [5.41, 5.74) is 0. The molecule has 25 heavy (non-hydrogen) atoms. The molecule has 0 amide bonds. The van der Waals surface area contributed by atoms with Crippen molar-refractivity contribution in [3.8, 4) is 11.5 Å². The Kier molecular flexibility index (Phi) is 5.78. The summed E-state index contributed by atoms with van der Waals surface area (Å²) >= 11 is 0. The van der Waals surface area contributed by atoms with Crippen LogP contribution >= 0.6 is 0 Å². The molecule has 0 aliphatic heterocycles. The monoisotopic (exact) mass is 366 g/mol. The Morgan fingerprint density at radius 1 is 0.920 bits per heavy atom. The maximum absolute atomic E-state index is 9.33. The molecule has 0 spiro atoms. The highest BCUT2D eigenvalue weighted by Crippen LogP contribution is 2.35. The number of ether oxygens (including phenoxy) is 2. The van der Waals surface area contributed by atoms with Crippen LogP contribution in [-0.2, 0) is 21.6 Å². The van der Waals surface area contributed by atoms with Gasteiger partial charge in [-0.3, -0.25) is 8.74 Å². The van der Waals surface area contributed by atoms with Gasteiger partial charge in [-0.15, -0.1) is 0 Å². The van der Waals surface area contributed by atoms with E-state index in [0.717, 1.165) is 24.0 Å². The number of aryl methyl sites for hydroxylation is 1. The molecular weight excluding hydrogens is 346 g/mol. The molecule has 0 aliphatic rings. The molecule has 2 aromatic carbocycles.